The molecule has 0 aliphatic rings. The van der Waals surface area contributed by atoms with Crippen LogP contribution in [0.3, 0.4) is 0 Å². The normalized spacial score (nSPS) is 12.1. The summed E-state index contributed by atoms with van der Waals surface area (Å²) >= 11 is 1.45. The molecule has 1 heterocycles. The fourth-order valence-electron chi connectivity index (χ4n) is 1.36. The van der Waals surface area contributed by atoms with Gasteiger partial charge in [-0.05, 0) is 35.7 Å². The lowest BCUT2D eigenvalue weighted by Gasteiger charge is -2.10. The van der Waals surface area contributed by atoms with Gasteiger partial charge >= 0.3 is 0 Å². The number of nitrogens with one attached hydrogen (secondary N) is 1. The van der Waals surface area contributed by atoms with Crippen molar-refractivity contribution in [2.75, 3.05) is 5.32 Å². The van der Waals surface area contributed by atoms with Crippen molar-refractivity contribution >= 4 is 22.9 Å². The summed E-state index contributed by atoms with van der Waals surface area (Å²) in [6, 6.07) is 9.27. The number of thiophene rings is 1. The van der Waals surface area contributed by atoms with Crippen LogP contribution in [0.1, 0.15) is 10.9 Å². The van der Waals surface area contributed by atoms with E-state index in [1.165, 1.54) is 23.5 Å². The van der Waals surface area contributed by atoms with Crippen molar-refractivity contribution in [1.29, 1.82) is 0 Å². The summed E-state index contributed by atoms with van der Waals surface area (Å²) in [6.45, 7) is 0. The van der Waals surface area contributed by atoms with Crippen molar-refractivity contribution < 1.29 is 9.90 Å². The molecule has 0 aliphatic heterocycles. The monoisotopic (exact) mass is 248 g/mol. The summed E-state index contributed by atoms with van der Waals surface area (Å²) in [5.41, 5.74) is 6.42. The molecule has 4 nitrogen and oxygen atoms in total. The molecule has 17 heavy (non-hydrogen) atoms. The molecule has 0 saturated heterocycles. The predicted molar refractivity (Wildman–Crippen MR) is 68.0 cm³/mol. The van der Waals surface area contributed by atoms with E-state index >= 15 is 0 Å². The summed E-state index contributed by atoms with van der Waals surface area (Å²) in [5.74, 6) is -0.108. The van der Waals surface area contributed by atoms with Gasteiger partial charge in [-0.2, -0.15) is 0 Å². The summed E-state index contributed by atoms with van der Waals surface area (Å²) < 4.78 is 0. The van der Waals surface area contributed by atoms with Crippen LogP contribution in [0.2, 0.25) is 0 Å². The molecule has 2 rings (SSSR count). The Morgan fingerprint density at radius 1 is 1.29 bits per heavy atom. The predicted octanol–water partition coefficient (Wildman–Crippen LogP) is 2.09. The van der Waals surface area contributed by atoms with Crippen molar-refractivity contribution in [3.05, 3.63) is 46.7 Å². The first-order valence-electron chi connectivity index (χ1n) is 5.05. The van der Waals surface area contributed by atoms with Crippen LogP contribution in [0.15, 0.2) is 41.8 Å². The number of phenolic OH excluding ortho intramolecular Hbond substituents is 1. The average molecular weight is 248 g/mol. The van der Waals surface area contributed by atoms with Crippen LogP contribution in [-0.2, 0) is 4.79 Å². The maximum Gasteiger partial charge on any atom is 0.246 e. The number of carbonyl (C=O) groups is 1. The fraction of sp³-hybridized carbons (Fsp3) is 0.0833. The Kier molecular flexibility index (Phi) is 3.41. The van der Waals surface area contributed by atoms with Gasteiger partial charge in [0.05, 0.1) is 0 Å². The number of carbonyl (C=O) groups excluding carboxylic acids is 1. The van der Waals surface area contributed by atoms with E-state index in [4.69, 9.17) is 10.8 Å². The van der Waals surface area contributed by atoms with Gasteiger partial charge in [-0.1, -0.05) is 6.07 Å². The Hall–Kier alpha value is -1.85. The van der Waals surface area contributed by atoms with Crippen molar-refractivity contribution in [3.8, 4) is 5.75 Å². The molecule has 0 fully saturated rings. The van der Waals surface area contributed by atoms with Gasteiger partial charge in [0.2, 0.25) is 5.91 Å². The fourth-order valence-corrected chi connectivity index (χ4v) is 2.09. The maximum atomic E-state index is 11.8. The maximum absolute atomic E-state index is 11.8. The molecule has 1 aromatic heterocycles. The third-order valence-corrected chi connectivity index (χ3v) is 3.22. The van der Waals surface area contributed by atoms with E-state index in [0.717, 1.165) is 4.88 Å². The minimum Gasteiger partial charge on any atom is -0.508 e. The SMILES string of the molecule is NC(C(=O)Nc1ccc(O)cc1)c1cccs1. The van der Waals surface area contributed by atoms with Crippen LogP contribution in [0.25, 0.3) is 0 Å². The van der Waals surface area contributed by atoms with Gasteiger partial charge in [-0.3, -0.25) is 4.79 Å². The zero-order valence-electron chi connectivity index (χ0n) is 8.96. The van der Waals surface area contributed by atoms with Gasteiger partial charge < -0.3 is 16.2 Å². The second-order valence-electron chi connectivity index (χ2n) is 3.53. The van der Waals surface area contributed by atoms with Crippen LogP contribution in [0.5, 0.6) is 5.75 Å². The lowest BCUT2D eigenvalue weighted by atomic mass is 10.2. The van der Waals surface area contributed by atoms with Crippen molar-refractivity contribution in [2.45, 2.75) is 6.04 Å². The molecule has 0 saturated carbocycles. The molecule has 2 aromatic rings. The average Bonchev–Trinajstić information content (AvgIpc) is 2.84. The Morgan fingerprint density at radius 2 is 2.00 bits per heavy atom. The number of hydrogen-bond donors (Lipinski definition) is 3. The quantitative estimate of drug-likeness (QED) is 0.728. The highest BCUT2D eigenvalue weighted by molar-refractivity contribution is 7.10. The molecule has 1 amide bonds. The van der Waals surface area contributed by atoms with E-state index in [-0.39, 0.29) is 11.7 Å². The lowest BCUT2D eigenvalue weighted by molar-refractivity contribution is -0.117. The van der Waals surface area contributed by atoms with Gasteiger partial charge in [0, 0.05) is 10.6 Å². The van der Waals surface area contributed by atoms with Crippen LogP contribution in [-0.4, -0.2) is 11.0 Å². The van der Waals surface area contributed by atoms with Crippen LogP contribution >= 0.6 is 11.3 Å². The summed E-state index contributed by atoms with van der Waals surface area (Å²) in [5, 5.41) is 13.7. The molecule has 5 heteroatoms. The number of hydrogen-bond acceptors (Lipinski definition) is 4. The summed E-state index contributed by atoms with van der Waals surface area (Å²) in [6.07, 6.45) is 0. The Balaban J connectivity index is 2.04. The Morgan fingerprint density at radius 3 is 2.59 bits per heavy atom. The minimum atomic E-state index is -0.663. The van der Waals surface area contributed by atoms with Crippen molar-refractivity contribution in [2.24, 2.45) is 5.73 Å². The third-order valence-electron chi connectivity index (χ3n) is 2.27. The van der Waals surface area contributed by atoms with Gasteiger partial charge in [-0.25, -0.2) is 0 Å². The van der Waals surface area contributed by atoms with Gasteiger partial charge in [0.15, 0.2) is 0 Å². The topological polar surface area (TPSA) is 75.4 Å². The minimum absolute atomic E-state index is 0.158. The van der Waals surface area contributed by atoms with E-state index in [0.29, 0.717) is 5.69 Å². The number of phenols is 1. The highest BCUT2D eigenvalue weighted by Gasteiger charge is 2.16. The standard InChI is InChI=1S/C12H12N2O2S/c13-11(10-2-1-7-17-10)12(16)14-8-3-5-9(15)6-4-8/h1-7,11,15H,13H2,(H,14,16). The highest BCUT2D eigenvalue weighted by atomic mass is 32.1. The molecule has 1 atom stereocenters. The molecule has 4 N–H and O–H groups in total. The first-order chi connectivity index (χ1) is 8.16. The lowest BCUT2D eigenvalue weighted by Crippen LogP contribution is -2.26. The van der Waals surface area contributed by atoms with Gasteiger partial charge in [0.25, 0.3) is 0 Å². The zero-order chi connectivity index (χ0) is 12.3. The number of amides is 1. The van der Waals surface area contributed by atoms with E-state index in [1.54, 1.807) is 12.1 Å². The van der Waals surface area contributed by atoms with Gasteiger partial charge in [0.1, 0.15) is 11.8 Å². The Labute approximate surface area is 103 Å². The highest BCUT2D eigenvalue weighted by Crippen LogP contribution is 2.19. The molecule has 0 spiro atoms. The second kappa shape index (κ2) is 4.99. The van der Waals surface area contributed by atoms with E-state index in [1.807, 2.05) is 17.5 Å². The largest absolute Gasteiger partial charge is 0.508 e. The molecule has 88 valence electrons. The second-order valence-corrected chi connectivity index (χ2v) is 4.51. The number of aromatic hydroxyl groups is 1. The molecule has 0 radical (unpaired) electrons. The van der Waals surface area contributed by atoms with Gasteiger partial charge in [-0.15, -0.1) is 11.3 Å². The first-order valence-corrected chi connectivity index (χ1v) is 5.93. The van der Waals surface area contributed by atoms with Crippen LogP contribution in [0.4, 0.5) is 5.69 Å². The van der Waals surface area contributed by atoms with Crippen LogP contribution in [0, 0.1) is 0 Å². The number of benzene rings is 1. The van der Waals surface area contributed by atoms with E-state index < -0.39 is 6.04 Å². The van der Waals surface area contributed by atoms with Crippen molar-refractivity contribution in [1.82, 2.24) is 0 Å². The zero-order valence-corrected chi connectivity index (χ0v) is 9.78. The number of nitrogens with two attached hydrogens (primary N) is 1. The molecular formula is C12H12N2O2S. The molecule has 0 bridgehead atoms. The van der Waals surface area contributed by atoms with E-state index in [2.05, 4.69) is 5.32 Å². The number of anilines is 1. The molecular weight excluding hydrogens is 236 g/mol. The first kappa shape index (κ1) is 11.6. The van der Waals surface area contributed by atoms with Crippen LogP contribution < -0.4 is 11.1 Å². The van der Waals surface area contributed by atoms with E-state index in [9.17, 15) is 4.79 Å². The third kappa shape index (κ3) is 2.83. The smallest absolute Gasteiger partial charge is 0.246 e. The summed E-state index contributed by atoms with van der Waals surface area (Å²) in [4.78, 5) is 12.6. The molecule has 0 aliphatic carbocycles. The Bertz CT molecular complexity index is 494. The molecule has 1 unspecified atom stereocenters. The molecule has 1 aromatic carbocycles. The van der Waals surface area contributed by atoms with Crippen molar-refractivity contribution in [3.63, 3.8) is 0 Å². The number of rotatable bonds is 3. The summed E-state index contributed by atoms with van der Waals surface area (Å²) in [7, 11) is 0.